The normalized spacial score (nSPS) is 16.3. The van der Waals surface area contributed by atoms with Crippen LogP contribution in [0.1, 0.15) is 26.7 Å². The van der Waals surface area contributed by atoms with Gasteiger partial charge in [0.1, 0.15) is 0 Å². The zero-order valence-electron chi connectivity index (χ0n) is 7.50. The Balaban J connectivity index is 3.47. The van der Waals surface area contributed by atoms with Crippen molar-refractivity contribution < 1.29 is 9.09 Å². The second kappa shape index (κ2) is 6.10. The Morgan fingerprint density at radius 1 is 1.45 bits per heavy atom. The van der Waals surface area contributed by atoms with E-state index in [0.717, 1.165) is 18.6 Å². The zero-order chi connectivity index (χ0) is 8.74. The van der Waals surface area contributed by atoms with Crippen molar-refractivity contribution in [3.63, 3.8) is 0 Å². The summed E-state index contributed by atoms with van der Waals surface area (Å²) >= 11 is 1.46. The minimum absolute atomic E-state index is 0.549. The molecule has 0 N–H and O–H groups in total. The Morgan fingerprint density at radius 2 is 2.09 bits per heavy atom. The summed E-state index contributed by atoms with van der Waals surface area (Å²) in [5, 5.41) is 0. The summed E-state index contributed by atoms with van der Waals surface area (Å²) in [7, 11) is 0. The molecule has 68 valence electrons. The van der Waals surface area contributed by atoms with Crippen LogP contribution in [0.15, 0.2) is 0 Å². The Bertz CT molecular complexity index is 138. The van der Waals surface area contributed by atoms with Gasteiger partial charge in [0, 0.05) is 12.4 Å². The lowest BCUT2D eigenvalue weighted by molar-refractivity contribution is 0.350. The van der Waals surface area contributed by atoms with Crippen LogP contribution in [0.2, 0.25) is 0 Å². The van der Waals surface area contributed by atoms with Gasteiger partial charge in [-0.3, -0.25) is 4.57 Å². The van der Waals surface area contributed by atoms with Crippen molar-refractivity contribution in [2.45, 2.75) is 26.7 Å². The molecular formula is C7H17O2PS. The van der Waals surface area contributed by atoms with E-state index >= 15 is 0 Å². The van der Waals surface area contributed by atoms with E-state index in [2.05, 4.69) is 6.92 Å². The molecule has 0 bridgehead atoms. The number of hydrogen-bond acceptors (Lipinski definition) is 3. The van der Waals surface area contributed by atoms with Crippen LogP contribution in [-0.2, 0) is 9.09 Å². The van der Waals surface area contributed by atoms with Gasteiger partial charge in [-0.15, -0.1) is 0 Å². The highest BCUT2D eigenvalue weighted by atomic mass is 32.7. The summed E-state index contributed by atoms with van der Waals surface area (Å²) < 4.78 is 16.5. The predicted molar refractivity (Wildman–Crippen MR) is 52.5 cm³/mol. The maximum absolute atomic E-state index is 11.4. The first-order valence-electron chi connectivity index (χ1n) is 3.99. The molecule has 0 amide bonds. The SMILES string of the molecule is CCCCSP(C)(=O)OCC. The Labute approximate surface area is 73.3 Å². The van der Waals surface area contributed by atoms with Gasteiger partial charge in [-0.2, -0.15) is 0 Å². The fraction of sp³-hybridized carbons (Fsp3) is 1.00. The summed E-state index contributed by atoms with van der Waals surface area (Å²) in [5.74, 6) is 0.949. The van der Waals surface area contributed by atoms with E-state index < -0.39 is 6.57 Å². The van der Waals surface area contributed by atoms with Crippen LogP contribution >= 0.6 is 18.0 Å². The number of rotatable bonds is 6. The zero-order valence-corrected chi connectivity index (χ0v) is 9.21. The standard InChI is InChI=1S/C7H17O2PS/c1-4-6-7-11-10(3,8)9-5-2/h4-7H2,1-3H3. The third-order valence-corrected chi connectivity index (χ3v) is 5.13. The highest BCUT2D eigenvalue weighted by Gasteiger charge is 2.14. The lowest BCUT2D eigenvalue weighted by Crippen LogP contribution is -1.85. The van der Waals surface area contributed by atoms with E-state index in [1.807, 2.05) is 6.92 Å². The molecule has 0 fully saturated rings. The highest BCUT2D eigenvalue weighted by molar-refractivity contribution is 8.56. The van der Waals surface area contributed by atoms with Crippen LogP contribution in [-0.4, -0.2) is 19.0 Å². The Hall–Kier alpha value is 0.540. The van der Waals surface area contributed by atoms with Crippen molar-refractivity contribution in [3.8, 4) is 0 Å². The summed E-state index contributed by atoms with van der Waals surface area (Å²) in [5.41, 5.74) is 0. The lowest BCUT2D eigenvalue weighted by atomic mass is 10.4. The van der Waals surface area contributed by atoms with Crippen LogP contribution in [0, 0.1) is 0 Å². The van der Waals surface area contributed by atoms with Gasteiger partial charge in [0.2, 0.25) is 0 Å². The lowest BCUT2D eigenvalue weighted by Gasteiger charge is -2.10. The molecule has 0 rings (SSSR count). The van der Waals surface area contributed by atoms with Gasteiger partial charge in [-0.1, -0.05) is 24.7 Å². The Kier molecular flexibility index (Phi) is 6.40. The molecule has 11 heavy (non-hydrogen) atoms. The topological polar surface area (TPSA) is 26.3 Å². The molecule has 0 aromatic rings. The van der Waals surface area contributed by atoms with Gasteiger partial charge in [-0.05, 0) is 13.3 Å². The van der Waals surface area contributed by atoms with E-state index in [1.54, 1.807) is 6.66 Å². The molecule has 0 heterocycles. The molecule has 0 radical (unpaired) electrons. The molecule has 0 aromatic heterocycles. The van der Waals surface area contributed by atoms with Crippen molar-refractivity contribution in [1.29, 1.82) is 0 Å². The molecule has 2 nitrogen and oxygen atoms in total. The molecular weight excluding hydrogens is 179 g/mol. The quantitative estimate of drug-likeness (QED) is 0.481. The van der Waals surface area contributed by atoms with Gasteiger partial charge in [0.15, 0.2) is 0 Å². The molecule has 1 unspecified atom stereocenters. The maximum atomic E-state index is 11.4. The van der Waals surface area contributed by atoms with Crippen LogP contribution < -0.4 is 0 Å². The summed E-state index contributed by atoms with van der Waals surface area (Å²) in [6.07, 6.45) is 2.27. The van der Waals surface area contributed by atoms with Crippen molar-refractivity contribution in [3.05, 3.63) is 0 Å². The van der Waals surface area contributed by atoms with Gasteiger partial charge in [0.05, 0.1) is 6.61 Å². The summed E-state index contributed by atoms with van der Waals surface area (Å²) in [6.45, 7) is 3.93. The number of unbranched alkanes of at least 4 members (excludes halogenated alkanes) is 1. The van der Waals surface area contributed by atoms with Crippen LogP contribution in [0.3, 0.4) is 0 Å². The van der Waals surface area contributed by atoms with Gasteiger partial charge < -0.3 is 4.52 Å². The minimum atomic E-state index is -2.31. The van der Waals surface area contributed by atoms with E-state index in [9.17, 15) is 4.57 Å². The van der Waals surface area contributed by atoms with E-state index in [4.69, 9.17) is 4.52 Å². The third-order valence-electron chi connectivity index (χ3n) is 1.19. The first kappa shape index (κ1) is 11.5. The van der Waals surface area contributed by atoms with Crippen molar-refractivity contribution in [1.82, 2.24) is 0 Å². The van der Waals surface area contributed by atoms with Gasteiger partial charge >= 0.3 is 0 Å². The first-order valence-corrected chi connectivity index (χ1v) is 7.65. The fourth-order valence-corrected chi connectivity index (χ4v) is 3.86. The molecule has 0 aliphatic heterocycles. The van der Waals surface area contributed by atoms with E-state index in [1.165, 1.54) is 11.4 Å². The largest absolute Gasteiger partial charge is 0.322 e. The van der Waals surface area contributed by atoms with Crippen molar-refractivity contribution in [2.24, 2.45) is 0 Å². The third kappa shape index (κ3) is 6.92. The van der Waals surface area contributed by atoms with E-state index in [0.29, 0.717) is 6.61 Å². The van der Waals surface area contributed by atoms with Crippen molar-refractivity contribution in [2.75, 3.05) is 19.0 Å². The van der Waals surface area contributed by atoms with Crippen LogP contribution in [0.5, 0.6) is 0 Å². The molecule has 4 heteroatoms. The van der Waals surface area contributed by atoms with Crippen LogP contribution in [0.4, 0.5) is 0 Å². The first-order chi connectivity index (χ1) is 5.12. The second-order valence-electron chi connectivity index (χ2n) is 2.38. The van der Waals surface area contributed by atoms with Crippen molar-refractivity contribution >= 4 is 18.0 Å². The molecule has 0 aromatic carbocycles. The fourth-order valence-electron chi connectivity index (χ4n) is 0.646. The van der Waals surface area contributed by atoms with Gasteiger partial charge in [-0.25, -0.2) is 0 Å². The molecule has 0 saturated heterocycles. The maximum Gasteiger partial charge on any atom is 0.254 e. The molecule has 1 atom stereocenters. The predicted octanol–water partition coefficient (Wildman–Crippen LogP) is 3.38. The summed E-state index contributed by atoms with van der Waals surface area (Å²) in [6, 6.07) is 0. The van der Waals surface area contributed by atoms with Gasteiger partial charge in [0.25, 0.3) is 6.57 Å². The molecule has 0 aliphatic carbocycles. The minimum Gasteiger partial charge on any atom is -0.322 e. The molecule has 0 spiro atoms. The van der Waals surface area contributed by atoms with E-state index in [-0.39, 0.29) is 0 Å². The smallest absolute Gasteiger partial charge is 0.254 e. The molecule has 0 aliphatic rings. The monoisotopic (exact) mass is 196 g/mol. The highest BCUT2D eigenvalue weighted by Crippen LogP contribution is 2.56. The molecule has 0 saturated carbocycles. The number of hydrogen-bond donors (Lipinski definition) is 0. The van der Waals surface area contributed by atoms with Crippen LogP contribution in [0.25, 0.3) is 0 Å². The average molecular weight is 196 g/mol. The second-order valence-corrected chi connectivity index (χ2v) is 7.61. The summed E-state index contributed by atoms with van der Waals surface area (Å²) in [4.78, 5) is 0. The average Bonchev–Trinajstić information content (AvgIpc) is 1.87. The Morgan fingerprint density at radius 3 is 2.55 bits per heavy atom.